The molecule has 0 saturated heterocycles. The summed E-state index contributed by atoms with van der Waals surface area (Å²) in [5.74, 6) is 0.00840. The van der Waals surface area contributed by atoms with Crippen molar-refractivity contribution in [3.63, 3.8) is 0 Å². The van der Waals surface area contributed by atoms with E-state index >= 15 is 0 Å². The van der Waals surface area contributed by atoms with Crippen LogP contribution < -0.4 is 0 Å². The summed E-state index contributed by atoms with van der Waals surface area (Å²) in [5, 5.41) is 8.78. The molecule has 1 rings (SSSR count). The molecule has 0 saturated carbocycles. The van der Waals surface area contributed by atoms with Crippen molar-refractivity contribution in [3.05, 3.63) is 24.3 Å². The second-order valence-electron chi connectivity index (χ2n) is 1.93. The van der Waals surface area contributed by atoms with Crippen molar-refractivity contribution in [1.29, 1.82) is 0 Å². The van der Waals surface area contributed by atoms with E-state index < -0.39 is 9.05 Å². The van der Waals surface area contributed by atoms with E-state index in [9.17, 15) is 8.42 Å². The monoisotopic (exact) mass is 281 g/mol. The van der Waals surface area contributed by atoms with E-state index in [4.69, 9.17) is 15.8 Å². The van der Waals surface area contributed by atoms with Crippen LogP contribution >= 0.6 is 10.7 Å². The maximum atomic E-state index is 10.6. The molecule has 1 radical (unpaired) electrons. The third-order valence-corrected chi connectivity index (χ3v) is 2.49. The number of aromatic hydroxyl groups is 1. The Morgan fingerprint density at radius 3 is 1.92 bits per heavy atom. The number of halogens is 1. The average molecular weight is 282 g/mol. The number of phenolic OH excluding ortho intramolecular Hbond substituents is 1. The van der Waals surface area contributed by atoms with Gasteiger partial charge < -0.3 is 5.11 Å². The van der Waals surface area contributed by atoms with Crippen LogP contribution in [0.5, 0.6) is 5.75 Å². The summed E-state index contributed by atoms with van der Waals surface area (Å²) < 4.78 is 21.3. The molecule has 0 amide bonds. The van der Waals surface area contributed by atoms with Crippen molar-refractivity contribution in [1.82, 2.24) is 0 Å². The van der Waals surface area contributed by atoms with E-state index in [1.54, 1.807) is 0 Å². The minimum atomic E-state index is -3.66. The predicted molar refractivity (Wildman–Crippen MR) is 41.1 cm³/mol. The normalized spacial score (nSPS) is 10.4. The van der Waals surface area contributed by atoms with Gasteiger partial charge in [-0.2, -0.15) is 0 Å². The van der Waals surface area contributed by atoms with E-state index in [2.05, 4.69) is 0 Å². The van der Waals surface area contributed by atoms with Crippen LogP contribution in [0.2, 0.25) is 0 Å². The molecule has 0 bridgehead atoms. The van der Waals surface area contributed by atoms with Gasteiger partial charge in [-0.15, -0.1) is 0 Å². The van der Waals surface area contributed by atoms with Crippen LogP contribution in [0.15, 0.2) is 29.2 Å². The number of phenols is 1. The zero-order valence-corrected chi connectivity index (χ0v) is 10.3. The van der Waals surface area contributed by atoms with Crippen LogP contribution in [-0.4, -0.2) is 13.5 Å². The number of hydrogen-bond acceptors (Lipinski definition) is 3. The fourth-order valence-corrected chi connectivity index (χ4v) is 1.38. The fourth-order valence-electron chi connectivity index (χ4n) is 0.609. The van der Waals surface area contributed by atoms with E-state index in [0.717, 1.165) is 0 Å². The van der Waals surface area contributed by atoms with Crippen LogP contribution in [0.1, 0.15) is 0 Å². The minimum Gasteiger partial charge on any atom is -0.508 e. The van der Waals surface area contributed by atoms with Crippen LogP contribution in [0.3, 0.4) is 0 Å². The second kappa shape index (κ2) is 4.56. The van der Waals surface area contributed by atoms with Crippen LogP contribution in [0, 0.1) is 0 Å². The first kappa shape index (κ1) is 12.4. The predicted octanol–water partition coefficient (Wildman–Crippen LogP) is 1.32. The van der Waals surface area contributed by atoms with Gasteiger partial charge in [0.15, 0.2) is 0 Å². The molecule has 0 fully saturated rings. The first-order valence-electron chi connectivity index (χ1n) is 2.74. The molecule has 0 heterocycles. The third kappa shape index (κ3) is 3.39. The summed E-state index contributed by atoms with van der Waals surface area (Å²) in [7, 11) is 1.34. The summed E-state index contributed by atoms with van der Waals surface area (Å²) >= 11 is 0. The van der Waals surface area contributed by atoms with Crippen molar-refractivity contribution < 1.29 is 46.2 Å². The van der Waals surface area contributed by atoms with Crippen molar-refractivity contribution in [3.8, 4) is 5.75 Å². The molecule has 1 aromatic carbocycles. The molecule has 0 aromatic heterocycles. The van der Waals surface area contributed by atoms with Gasteiger partial charge >= 0.3 is 0 Å². The number of benzene rings is 1. The summed E-state index contributed by atoms with van der Waals surface area (Å²) in [6.45, 7) is 0. The average Bonchev–Trinajstić information content (AvgIpc) is 1.86. The molecule has 1 N–H and O–H groups in total. The van der Waals surface area contributed by atoms with Gasteiger partial charge in [0.25, 0.3) is 9.05 Å². The quantitative estimate of drug-likeness (QED) is 0.790. The summed E-state index contributed by atoms with van der Waals surface area (Å²) in [4.78, 5) is -0.0167. The summed E-state index contributed by atoms with van der Waals surface area (Å²) in [6.07, 6.45) is 0. The molecule has 3 nitrogen and oxygen atoms in total. The van der Waals surface area contributed by atoms with Crippen molar-refractivity contribution >= 4 is 19.7 Å². The first-order chi connectivity index (χ1) is 5.00. The molecule has 12 heavy (non-hydrogen) atoms. The molecule has 1 aromatic rings. The van der Waals surface area contributed by atoms with Crippen LogP contribution in [-0.2, 0) is 41.8 Å². The smallest absolute Gasteiger partial charge is 0.261 e. The fraction of sp³-hybridized carbons (Fsp3) is 0. The van der Waals surface area contributed by atoms with E-state index in [1.165, 1.54) is 24.3 Å². The van der Waals surface area contributed by atoms with Crippen molar-refractivity contribution in [2.45, 2.75) is 4.90 Å². The van der Waals surface area contributed by atoms with E-state index in [1.807, 2.05) is 0 Å². The van der Waals surface area contributed by atoms with E-state index in [0.29, 0.717) is 0 Å². The zero-order valence-electron chi connectivity index (χ0n) is 5.94. The first-order valence-corrected chi connectivity index (χ1v) is 5.05. The van der Waals surface area contributed by atoms with Gasteiger partial charge in [-0.05, 0) is 24.3 Å². The zero-order chi connectivity index (χ0) is 8.48. The molecule has 6 heteroatoms. The molecule has 0 spiro atoms. The largest absolute Gasteiger partial charge is 0.508 e. The Bertz CT molecular complexity index is 346. The Balaban J connectivity index is 0.00000121. The molecule has 0 atom stereocenters. The van der Waals surface area contributed by atoms with Crippen molar-refractivity contribution in [2.24, 2.45) is 0 Å². The molecule has 0 aliphatic rings. The van der Waals surface area contributed by atoms with E-state index in [-0.39, 0.29) is 43.4 Å². The summed E-state index contributed by atoms with van der Waals surface area (Å²) in [6, 6.07) is 4.99. The third-order valence-electron chi connectivity index (χ3n) is 1.12. The van der Waals surface area contributed by atoms with Crippen LogP contribution in [0.4, 0.5) is 0 Å². The van der Waals surface area contributed by atoms with Gasteiger partial charge in [0.05, 0.1) is 4.90 Å². The number of rotatable bonds is 1. The molecule has 0 aliphatic heterocycles. The topological polar surface area (TPSA) is 54.4 Å². The Morgan fingerprint density at radius 1 is 1.17 bits per heavy atom. The minimum absolute atomic E-state index is 0. The molecular weight excluding hydrogens is 276 g/mol. The SMILES string of the molecule is O=S(=O)(Cl)c1ccc(O)cc1.[Y]. The standard InChI is InChI=1S/C6H5ClO3S.Y/c7-11(9,10)6-3-1-5(8)2-4-6;/h1-4,8H;. The van der Waals surface area contributed by atoms with Gasteiger partial charge in [0.1, 0.15) is 5.75 Å². The summed E-state index contributed by atoms with van der Waals surface area (Å²) in [5.41, 5.74) is 0. The Morgan fingerprint density at radius 2 is 1.58 bits per heavy atom. The Kier molecular flexibility index (Phi) is 4.70. The Hall–Kier alpha value is 0.364. The van der Waals surface area contributed by atoms with Gasteiger partial charge in [0.2, 0.25) is 0 Å². The van der Waals surface area contributed by atoms with Gasteiger partial charge in [0, 0.05) is 43.4 Å². The maximum absolute atomic E-state index is 10.6. The van der Waals surface area contributed by atoms with Gasteiger partial charge in [-0.3, -0.25) is 0 Å². The van der Waals surface area contributed by atoms with Crippen molar-refractivity contribution in [2.75, 3.05) is 0 Å². The molecule has 0 unspecified atom stereocenters. The second-order valence-corrected chi connectivity index (χ2v) is 4.50. The molecule has 63 valence electrons. The number of hydrogen-bond donors (Lipinski definition) is 1. The van der Waals surface area contributed by atoms with Gasteiger partial charge in [-0.25, -0.2) is 8.42 Å². The molecule has 0 aliphatic carbocycles. The van der Waals surface area contributed by atoms with Crippen LogP contribution in [0.25, 0.3) is 0 Å². The molecular formula is C6H5ClO3SY. The maximum Gasteiger partial charge on any atom is 0.261 e. The Labute approximate surface area is 100 Å². The van der Waals surface area contributed by atoms with Gasteiger partial charge in [-0.1, -0.05) is 0 Å².